The molecule has 0 fully saturated rings. The summed E-state index contributed by atoms with van der Waals surface area (Å²) >= 11 is 0. The van der Waals surface area contributed by atoms with Crippen LogP contribution in [0.5, 0.6) is 0 Å². The first-order valence-corrected chi connectivity index (χ1v) is 39.8. The minimum atomic E-state index is -5.00. The topological polar surface area (TPSA) is 237 Å². The maximum absolute atomic E-state index is 13.0. The van der Waals surface area contributed by atoms with Crippen LogP contribution in [0.15, 0.2) is 122 Å². The second-order valence-electron chi connectivity index (χ2n) is 24.2. The fourth-order valence-electron chi connectivity index (χ4n) is 9.27. The summed E-state index contributed by atoms with van der Waals surface area (Å²) < 4.78 is 68.2. The second-order valence-corrected chi connectivity index (χ2v) is 27.1. The molecule has 0 rings (SSSR count). The van der Waals surface area contributed by atoms with E-state index in [9.17, 15) is 43.2 Å². The number of carbonyl (C=O) groups excluding carboxylic acids is 4. The van der Waals surface area contributed by atoms with Gasteiger partial charge in [-0.05, 0) is 135 Å². The Kier molecular flexibility index (Phi) is 65.7. The van der Waals surface area contributed by atoms with Crippen molar-refractivity contribution < 1.29 is 80.2 Å². The number of hydrogen-bond donors (Lipinski definition) is 3. The first-order chi connectivity index (χ1) is 46.7. The fraction of sp³-hybridized carbons (Fsp3) is 0.688. The molecular formula is C77H130O17P2. The number of allylic oxidation sites excluding steroid dienone is 19. The van der Waals surface area contributed by atoms with Crippen molar-refractivity contribution in [3.05, 3.63) is 122 Å². The number of rotatable bonds is 68. The van der Waals surface area contributed by atoms with Gasteiger partial charge >= 0.3 is 39.5 Å². The van der Waals surface area contributed by atoms with Gasteiger partial charge in [-0.25, -0.2) is 9.13 Å². The summed E-state index contributed by atoms with van der Waals surface area (Å²) in [7, 11) is -9.98. The molecule has 0 amide bonds. The zero-order chi connectivity index (χ0) is 70.4. The van der Waals surface area contributed by atoms with E-state index in [-0.39, 0.29) is 25.7 Å². The Bertz CT molecular complexity index is 2300. The van der Waals surface area contributed by atoms with Gasteiger partial charge < -0.3 is 33.8 Å². The van der Waals surface area contributed by atoms with Gasteiger partial charge in [0.1, 0.15) is 19.3 Å². The lowest BCUT2D eigenvalue weighted by molar-refractivity contribution is -0.161. The van der Waals surface area contributed by atoms with Crippen LogP contribution in [-0.2, 0) is 65.4 Å². The van der Waals surface area contributed by atoms with Gasteiger partial charge in [0.05, 0.1) is 32.8 Å². The lowest BCUT2D eigenvalue weighted by Gasteiger charge is -2.21. The van der Waals surface area contributed by atoms with Crippen LogP contribution in [0.2, 0.25) is 0 Å². The van der Waals surface area contributed by atoms with Crippen molar-refractivity contribution in [1.29, 1.82) is 0 Å². The van der Waals surface area contributed by atoms with Gasteiger partial charge in [0, 0.05) is 19.3 Å². The van der Waals surface area contributed by atoms with Gasteiger partial charge in [-0.15, -0.1) is 0 Å². The number of aliphatic hydroxyl groups is 1. The molecule has 5 unspecified atom stereocenters. The van der Waals surface area contributed by atoms with Crippen molar-refractivity contribution in [3.63, 3.8) is 0 Å². The maximum atomic E-state index is 13.0. The average Bonchev–Trinajstić information content (AvgIpc) is 1.09. The van der Waals surface area contributed by atoms with Crippen molar-refractivity contribution in [2.24, 2.45) is 0 Å². The molecule has 3 N–H and O–H groups in total. The van der Waals surface area contributed by atoms with Crippen LogP contribution < -0.4 is 0 Å². The molecule has 0 bridgehead atoms. The molecule has 0 saturated heterocycles. The molecule has 0 heterocycles. The third-order valence-electron chi connectivity index (χ3n) is 14.9. The molecule has 0 radical (unpaired) electrons. The van der Waals surface area contributed by atoms with Crippen molar-refractivity contribution in [3.8, 4) is 0 Å². The van der Waals surface area contributed by atoms with E-state index in [1.165, 1.54) is 51.4 Å². The van der Waals surface area contributed by atoms with E-state index in [4.69, 9.17) is 37.0 Å². The van der Waals surface area contributed by atoms with Gasteiger partial charge in [0.25, 0.3) is 0 Å². The van der Waals surface area contributed by atoms with Gasteiger partial charge in [-0.2, -0.15) is 0 Å². The molecule has 0 aromatic carbocycles. The number of unbranched alkanes of at least 4 members (excludes halogenated alkanes) is 23. The predicted molar refractivity (Wildman–Crippen MR) is 390 cm³/mol. The molecule has 0 aliphatic heterocycles. The van der Waals surface area contributed by atoms with E-state index in [2.05, 4.69) is 125 Å². The number of phosphoric ester groups is 2. The molecule has 0 aliphatic carbocycles. The Balaban J connectivity index is 5.42. The van der Waals surface area contributed by atoms with Gasteiger partial charge in [0.15, 0.2) is 12.2 Å². The molecule has 5 atom stereocenters. The second kappa shape index (κ2) is 69.0. The highest BCUT2D eigenvalue weighted by Gasteiger charge is 2.30. The summed E-state index contributed by atoms with van der Waals surface area (Å²) in [6.07, 6.45) is 73.7. The minimum Gasteiger partial charge on any atom is -0.462 e. The van der Waals surface area contributed by atoms with Crippen LogP contribution in [0.4, 0.5) is 0 Å². The highest BCUT2D eigenvalue weighted by atomic mass is 31.2. The number of esters is 4. The van der Waals surface area contributed by atoms with Crippen LogP contribution >= 0.6 is 15.6 Å². The van der Waals surface area contributed by atoms with E-state index in [0.29, 0.717) is 25.7 Å². The Morgan fingerprint density at radius 2 is 0.594 bits per heavy atom. The Hall–Kier alpha value is -4.54. The quantitative estimate of drug-likeness (QED) is 0.0169. The fourth-order valence-corrected chi connectivity index (χ4v) is 10.9. The molecule has 0 aliphatic rings. The molecular weight excluding hydrogens is 1260 g/mol. The number of aliphatic hydroxyl groups excluding tert-OH is 1. The molecule has 0 spiro atoms. The molecule has 19 heteroatoms. The van der Waals surface area contributed by atoms with Crippen LogP contribution in [0.1, 0.15) is 285 Å². The molecule has 550 valence electrons. The largest absolute Gasteiger partial charge is 0.472 e. The van der Waals surface area contributed by atoms with E-state index in [1.807, 2.05) is 18.2 Å². The third-order valence-corrected chi connectivity index (χ3v) is 16.8. The van der Waals surface area contributed by atoms with Gasteiger partial charge in [0.2, 0.25) is 0 Å². The highest BCUT2D eigenvalue weighted by molar-refractivity contribution is 7.47. The van der Waals surface area contributed by atoms with Crippen molar-refractivity contribution >= 4 is 39.5 Å². The van der Waals surface area contributed by atoms with Crippen molar-refractivity contribution in [1.82, 2.24) is 0 Å². The lowest BCUT2D eigenvalue weighted by Crippen LogP contribution is -2.30. The Labute approximate surface area is 581 Å². The summed E-state index contributed by atoms with van der Waals surface area (Å²) in [5.74, 6) is -2.37. The monoisotopic (exact) mass is 1390 g/mol. The normalized spacial score (nSPS) is 14.7. The summed E-state index contributed by atoms with van der Waals surface area (Å²) in [5, 5.41) is 10.6. The van der Waals surface area contributed by atoms with E-state index < -0.39 is 97.5 Å². The first-order valence-electron chi connectivity index (χ1n) is 36.8. The summed E-state index contributed by atoms with van der Waals surface area (Å²) in [5.41, 5.74) is 0. The van der Waals surface area contributed by atoms with Gasteiger partial charge in [-0.3, -0.25) is 37.3 Å². The Morgan fingerprint density at radius 1 is 0.312 bits per heavy atom. The Morgan fingerprint density at radius 3 is 0.969 bits per heavy atom. The summed E-state index contributed by atoms with van der Waals surface area (Å²) in [6.45, 7) is 4.49. The lowest BCUT2D eigenvalue weighted by atomic mass is 10.1. The smallest absolute Gasteiger partial charge is 0.462 e. The molecule has 0 aromatic heterocycles. The zero-order valence-electron chi connectivity index (χ0n) is 59.8. The first kappa shape index (κ1) is 91.5. The minimum absolute atomic E-state index is 0.0569. The number of ether oxygens (including phenoxy) is 4. The zero-order valence-corrected chi connectivity index (χ0v) is 61.5. The predicted octanol–water partition coefficient (Wildman–Crippen LogP) is 20.8. The molecule has 96 heavy (non-hydrogen) atoms. The van der Waals surface area contributed by atoms with E-state index >= 15 is 0 Å². The average molecular weight is 1390 g/mol. The molecule has 17 nitrogen and oxygen atoms in total. The van der Waals surface area contributed by atoms with Crippen molar-refractivity contribution in [2.75, 3.05) is 39.6 Å². The van der Waals surface area contributed by atoms with Crippen LogP contribution in [0, 0.1) is 0 Å². The number of hydrogen-bond acceptors (Lipinski definition) is 15. The standard InChI is InChI=1S/C77H130O17P2/c1-5-9-13-17-21-25-29-32-35-38-42-45-49-53-57-61-74(79)87-67-72(93-76(81)63-59-55-51-47-41-28-24-20-16-12-8-4)69-91-95(83,84)89-65-71(78)66-90-96(85,86)92-70-73(94-77(82)64-60-56-52-48-44-40-37-34-31-27-23-19-15-11-7-3)68-88-75(80)62-58-54-50-46-43-39-36-33-30-26-22-18-14-10-6-2/h10,14,20-27,32-37,43,46,54,58,71-73,78H,5-9,11-13,15-19,28-31,38-42,44-45,47-53,55-57,59-70H2,1-4H3,(H,83,84)(H,85,86)/b14-10-,24-20-,25-21-,26-22-,27-23-,35-32-,36-33-,37-34-,46-43-,58-54-. The van der Waals surface area contributed by atoms with E-state index in [1.54, 1.807) is 6.08 Å². The number of phosphoric acid groups is 2. The number of carbonyl (C=O) groups is 4. The van der Waals surface area contributed by atoms with Crippen molar-refractivity contribution in [2.45, 2.75) is 303 Å². The van der Waals surface area contributed by atoms with Crippen LogP contribution in [0.3, 0.4) is 0 Å². The van der Waals surface area contributed by atoms with E-state index in [0.717, 1.165) is 154 Å². The maximum Gasteiger partial charge on any atom is 0.472 e. The third kappa shape index (κ3) is 68.0. The summed E-state index contributed by atoms with van der Waals surface area (Å²) in [6, 6.07) is 0. The van der Waals surface area contributed by atoms with Crippen LogP contribution in [0.25, 0.3) is 0 Å². The van der Waals surface area contributed by atoms with Crippen LogP contribution in [-0.4, -0.2) is 96.7 Å². The molecule has 0 aromatic rings. The highest BCUT2D eigenvalue weighted by Crippen LogP contribution is 2.45. The molecule has 0 saturated carbocycles. The summed E-state index contributed by atoms with van der Waals surface area (Å²) in [4.78, 5) is 72.6. The van der Waals surface area contributed by atoms with Gasteiger partial charge in [-0.1, -0.05) is 246 Å². The SMILES string of the molecule is CC/C=C\C/C=C\C/C=C\C/C=C\C/C=C\CC(=O)OCC(COP(=O)(O)OCC(O)COP(=O)(O)OCC(COC(=O)CCCCCCC/C=C\C/C=C\CCCCC)OC(=O)CCCCCCC/C=C\CCCC)OC(=O)CCCCCCC/C=C\C/C=C\CCCCC.